The summed E-state index contributed by atoms with van der Waals surface area (Å²) in [4.78, 5) is 17.0. The summed E-state index contributed by atoms with van der Waals surface area (Å²) in [5, 5.41) is 7.43. The molecule has 4 aromatic rings. The summed E-state index contributed by atoms with van der Waals surface area (Å²) in [5.41, 5.74) is 7.24. The molecule has 0 spiro atoms. The Bertz CT molecular complexity index is 1350. The molecule has 3 heterocycles. The first-order valence-corrected chi connectivity index (χ1v) is 16.2. The third kappa shape index (κ3) is 4.73. The van der Waals surface area contributed by atoms with Crippen LogP contribution in [0.2, 0.25) is 16.6 Å². The van der Waals surface area contributed by atoms with Crippen molar-refractivity contribution in [3.05, 3.63) is 65.4 Å². The molecule has 1 aromatic carbocycles. The lowest BCUT2D eigenvalue weighted by Gasteiger charge is -2.44. The number of thiazole rings is 1. The third-order valence-electron chi connectivity index (χ3n) is 7.52. The summed E-state index contributed by atoms with van der Waals surface area (Å²) in [6.07, 6.45) is 4.59. The number of ether oxygens (including phenoxy) is 1. The topological polar surface area (TPSA) is 61.9 Å². The lowest BCUT2D eigenvalue weighted by atomic mass is 10.0. The van der Waals surface area contributed by atoms with Crippen LogP contribution in [0.15, 0.2) is 54.2 Å². The van der Waals surface area contributed by atoms with Crippen LogP contribution in [0.1, 0.15) is 64.5 Å². The summed E-state index contributed by atoms with van der Waals surface area (Å²) in [6, 6.07) is 12.4. The molecule has 0 saturated carbocycles. The zero-order valence-electron chi connectivity index (χ0n) is 23.1. The Morgan fingerprint density at radius 1 is 1.00 bits per heavy atom. The van der Waals surface area contributed by atoms with Crippen LogP contribution < -0.4 is 0 Å². The van der Waals surface area contributed by atoms with Crippen molar-refractivity contribution in [1.82, 2.24) is 19.0 Å². The van der Waals surface area contributed by atoms with Crippen molar-refractivity contribution in [2.45, 2.75) is 72.0 Å². The zero-order chi connectivity index (χ0) is 26.9. The van der Waals surface area contributed by atoms with E-state index in [1.54, 1.807) is 12.3 Å². The predicted octanol–water partition coefficient (Wildman–Crippen LogP) is 7.97. The zero-order valence-corrected chi connectivity index (χ0v) is 25.0. The smallest absolute Gasteiger partial charge is 0.357 e. The van der Waals surface area contributed by atoms with Crippen molar-refractivity contribution >= 4 is 25.5 Å². The molecule has 0 aliphatic rings. The molecule has 6 nitrogen and oxygen atoms in total. The molecule has 0 amide bonds. The van der Waals surface area contributed by atoms with Crippen molar-refractivity contribution in [1.29, 1.82) is 0 Å². The molecule has 0 N–H and O–H groups in total. The Morgan fingerprint density at radius 3 is 2.24 bits per heavy atom. The maximum absolute atomic E-state index is 12.3. The van der Waals surface area contributed by atoms with Gasteiger partial charge in [-0.1, -0.05) is 71.9 Å². The van der Waals surface area contributed by atoms with Gasteiger partial charge >= 0.3 is 5.97 Å². The van der Waals surface area contributed by atoms with E-state index in [2.05, 4.69) is 88.3 Å². The van der Waals surface area contributed by atoms with E-state index in [9.17, 15) is 4.79 Å². The molecular weight excluding hydrogens is 496 g/mol. The van der Waals surface area contributed by atoms with E-state index in [1.165, 1.54) is 11.3 Å². The molecule has 0 bridgehead atoms. The Labute approximate surface area is 225 Å². The van der Waals surface area contributed by atoms with Crippen LogP contribution in [0.5, 0.6) is 0 Å². The van der Waals surface area contributed by atoms with Crippen LogP contribution in [0, 0.1) is 6.92 Å². The largest absolute Gasteiger partial charge is 0.461 e. The van der Waals surface area contributed by atoms with Crippen molar-refractivity contribution in [3.8, 4) is 27.6 Å². The van der Waals surface area contributed by atoms with Crippen molar-refractivity contribution in [2.75, 3.05) is 6.61 Å². The molecule has 0 fully saturated rings. The van der Waals surface area contributed by atoms with Crippen molar-refractivity contribution < 1.29 is 9.53 Å². The highest BCUT2D eigenvalue weighted by Gasteiger charge is 2.45. The molecule has 4 rings (SSSR count). The van der Waals surface area contributed by atoms with Gasteiger partial charge in [0.25, 0.3) is 0 Å². The van der Waals surface area contributed by atoms with Gasteiger partial charge in [-0.05, 0) is 42.7 Å². The number of nitrogens with zero attached hydrogens (tertiary/aromatic N) is 4. The van der Waals surface area contributed by atoms with Crippen LogP contribution in [0.25, 0.3) is 27.6 Å². The number of carbonyl (C=O) groups excluding carboxylic acids is 1. The predicted molar refractivity (Wildman–Crippen MR) is 155 cm³/mol. The summed E-state index contributed by atoms with van der Waals surface area (Å²) in [6.45, 7) is 18.5. The molecule has 196 valence electrons. The SMILES string of the molecule is CCOC(=O)c1csc(-n2nc(-c3ccccc3)c(C)c2-c2ccn([Si](C(C)C)(C(C)C)C(C)C)c2)n1. The van der Waals surface area contributed by atoms with E-state index in [0.717, 1.165) is 28.1 Å². The summed E-state index contributed by atoms with van der Waals surface area (Å²) in [7, 11) is -1.89. The van der Waals surface area contributed by atoms with Gasteiger partial charge in [0.05, 0.1) is 18.0 Å². The quantitative estimate of drug-likeness (QED) is 0.161. The van der Waals surface area contributed by atoms with E-state index in [1.807, 2.05) is 22.9 Å². The van der Waals surface area contributed by atoms with Crippen LogP contribution in [0.4, 0.5) is 0 Å². The van der Waals surface area contributed by atoms with E-state index >= 15 is 0 Å². The molecular formula is C29H38N4O2SSi. The normalized spacial score (nSPS) is 12.2. The van der Waals surface area contributed by atoms with Crippen LogP contribution in [0.3, 0.4) is 0 Å². The first kappa shape index (κ1) is 27.1. The number of esters is 1. The highest BCUT2D eigenvalue weighted by Crippen LogP contribution is 2.44. The first-order valence-electron chi connectivity index (χ1n) is 13.1. The average Bonchev–Trinajstić information content (AvgIpc) is 3.58. The number of benzene rings is 1. The standard InChI is InChI=1S/C29H38N4O2SSi/c1-9-35-28(34)25-18-36-29(30-25)33-27(22(8)26(31-33)23-13-11-10-12-14-23)24-15-16-32(17-24)37(19(2)3,20(4)5)21(6)7/h10-21H,9H2,1-8H3. The highest BCUT2D eigenvalue weighted by molar-refractivity contribution is 7.12. The Morgan fingerprint density at radius 2 is 1.65 bits per heavy atom. The minimum Gasteiger partial charge on any atom is -0.461 e. The second-order valence-corrected chi connectivity index (χ2v) is 17.1. The van der Waals surface area contributed by atoms with Gasteiger partial charge in [-0.15, -0.1) is 11.3 Å². The van der Waals surface area contributed by atoms with Gasteiger partial charge in [-0.2, -0.15) is 5.10 Å². The molecule has 8 heteroatoms. The van der Waals surface area contributed by atoms with Crippen LogP contribution in [-0.2, 0) is 4.74 Å². The average molecular weight is 535 g/mol. The number of hydrogen-bond acceptors (Lipinski definition) is 5. The maximum Gasteiger partial charge on any atom is 0.357 e. The number of aromatic nitrogens is 4. The molecule has 0 saturated heterocycles. The lowest BCUT2D eigenvalue weighted by Crippen LogP contribution is -2.51. The Kier molecular flexibility index (Phi) is 7.90. The van der Waals surface area contributed by atoms with E-state index in [-0.39, 0.29) is 0 Å². The highest BCUT2D eigenvalue weighted by atomic mass is 32.1. The molecule has 0 unspecified atom stereocenters. The van der Waals surface area contributed by atoms with Gasteiger partial charge in [0.1, 0.15) is 0 Å². The van der Waals surface area contributed by atoms with Crippen LogP contribution in [-0.4, -0.2) is 39.8 Å². The van der Waals surface area contributed by atoms with Crippen molar-refractivity contribution in [2.24, 2.45) is 0 Å². The maximum atomic E-state index is 12.3. The second-order valence-electron chi connectivity index (χ2n) is 10.5. The van der Waals surface area contributed by atoms with E-state index in [4.69, 9.17) is 9.84 Å². The summed E-state index contributed by atoms with van der Waals surface area (Å²) >= 11 is 1.40. The van der Waals surface area contributed by atoms with Gasteiger partial charge < -0.3 is 8.97 Å². The monoisotopic (exact) mass is 534 g/mol. The van der Waals surface area contributed by atoms with Crippen molar-refractivity contribution in [3.63, 3.8) is 0 Å². The van der Waals surface area contributed by atoms with Gasteiger partial charge in [-0.3, -0.25) is 0 Å². The van der Waals surface area contributed by atoms with E-state index < -0.39 is 14.2 Å². The van der Waals surface area contributed by atoms with Gasteiger partial charge in [0, 0.05) is 28.3 Å². The van der Waals surface area contributed by atoms with Crippen LogP contribution >= 0.6 is 11.3 Å². The van der Waals surface area contributed by atoms with Gasteiger partial charge in [0.2, 0.25) is 5.13 Å². The number of rotatable bonds is 9. The lowest BCUT2D eigenvalue weighted by molar-refractivity contribution is 0.0520. The molecule has 0 radical (unpaired) electrons. The Hall–Kier alpha value is -2.97. The fraction of sp³-hybridized carbons (Fsp3) is 0.414. The molecule has 0 aliphatic heterocycles. The fourth-order valence-electron chi connectivity index (χ4n) is 6.18. The molecule has 3 aromatic heterocycles. The summed E-state index contributed by atoms with van der Waals surface area (Å²) in [5.74, 6) is -0.411. The van der Waals surface area contributed by atoms with Gasteiger partial charge in [-0.25, -0.2) is 14.5 Å². The fourth-order valence-corrected chi connectivity index (χ4v) is 13.4. The third-order valence-corrected chi connectivity index (χ3v) is 15.1. The van der Waals surface area contributed by atoms with Gasteiger partial charge in [0.15, 0.2) is 13.9 Å². The molecule has 37 heavy (non-hydrogen) atoms. The van der Waals surface area contributed by atoms with E-state index in [0.29, 0.717) is 34.1 Å². The Balaban J connectivity index is 1.91. The summed E-state index contributed by atoms with van der Waals surface area (Å²) < 4.78 is 9.62. The minimum atomic E-state index is -1.89. The number of hydrogen-bond donors (Lipinski definition) is 0. The first-order chi connectivity index (χ1) is 17.6. The minimum absolute atomic E-state index is 0.311. The molecule has 0 atom stereocenters. The second kappa shape index (κ2) is 10.8. The molecule has 0 aliphatic carbocycles. The number of carbonyl (C=O) groups is 1.